The SMILES string of the molecule is Cc1ccc2c(c1)C(C)(C)C(=CC=C1CC/C(=C\C=C3\N(C4CCCCC4)c4ccc(C)cc4C3(C)C)C1=[N+]1CCOCC1)N2C1CCCCC1. The van der Waals surface area contributed by atoms with E-state index in [4.69, 9.17) is 4.74 Å². The summed E-state index contributed by atoms with van der Waals surface area (Å²) in [4.78, 5) is 5.52. The van der Waals surface area contributed by atoms with Crippen LogP contribution in [0.2, 0.25) is 0 Å². The third-order valence-electron chi connectivity index (χ3n) is 13.3. The molecule has 51 heavy (non-hydrogen) atoms. The highest BCUT2D eigenvalue weighted by Crippen LogP contribution is 2.52. The van der Waals surface area contributed by atoms with E-state index in [1.54, 1.807) is 0 Å². The minimum atomic E-state index is -0.0271. The van der Waals surface area contributed by atoms with Gasteiger partial charge in [-0.15, -0.1) is 0 Å². The number of allylic oxidation sites excluding steroid dienone is 8. The number of ether oxygens (including phenoxy) is 1. The predicted octanol–water partition coefficient (Wildman–Crippen LogP) is 10.8. The van der Waals surface area contributed by atoms with Crippen LogP contribution >= 0.6 is 0 Å². The van der Waals surface area contributed by atoms with E-state index in [2.05, 4.69) is 117 Å². The highest BCUT2D eigenvalue weighted by molar-refractivity contribution is 6.12. The van der Waals surface area contributed by atoms with Crippen LogP contribution in [0.1, 0.15) is 127 Å². The summed E-state index contributed by atoms with van der Waals surface area (Å²) in [7, 11) is 0. The number of anilines is 2. The van der Waals surface area contributed by atoms with Gasteiger partial charge in [0.05, 0.1) is 0 Å². The molecule has 0 radical (unpaired) electrons. The molecule has 0 N–H and O–H groups in total. The second kappa shape index (κ2) is 13.9. The maximum atomic E-state index is 5.89. The zero-order valence-corrected chi connectivity index (χ0v) is 32.5. The van der Waals surface area contributed by atoms with Gasteiger partial charge in [-0.1, -0.05) is 114 Å². The van der Waals surface area contributed by atoms with Crippen molar-refractivity contribution in [2.24, 2.45) is 0 Å². The Bertz CT molecular complexity index is 1690. The van der Waals surface area contributed by atoms with Crippen LogP contribution in [-0.2, 0) is 15.6 Å². The molecule has 8 rings (SSSR count). The number of hydrogen-bond acceptors (Lipinski definition) is 3. The Morgan fingerprint density at radius 2 is 1.04 bits per heavy atom. The van der Waals surface area contributed by atoms with Crippen molar-refractivity contribution in [1.82, 2.24) is 0 Å². The third-order valence-corrected chi connectivity index (χ3v) is 13.3. The summed E-state index contributed by atoms with van der Waals surface area (Å²) in [5.41, 5.74) is 15.9. The second-order valence-electron chi connectivity index (χ2n) is 17.6. The zero-order valence-electron chi connectivity index (χ0n) is 32.5. The molecule has 6 aliphatic rings. The molecule has 3 saturated carbocycles. The Hall–Kier alpha value is -3.37. The second-order valence-corrected chi connectivity index (χ2v) is 17.6. The summed E-state index contributed by atoms with van der Waals surface area (Å²) in [5.74, 6) is 0. The van der Waals surface area contributed by atoms with Crippen LogP contribution in [0.25, 0.3) is 0 Å². The lowest BCUT2D eigenvalue weighted by molar-refractivity contribution is -0.548. The van der Waals surface area contributed by atoms with E-state index >= 15 is 0 Å². The number of nitrogens with zero attached hydrogens (tertiary/aromatic N) is 3. The quantitative estimate of drug-likeness (QED) is 0.299. The van der Waals surface area contributed by atoms with Gasteiger partial charge in [-0.3, -0.25) is 0 Å². The van der Waals surface area contributed by atoms with E-state index in [-0.39, 0.29) is 10.8 Å². The molecule has 0 aromatic heterocycles. The molecule has 2 aromatic rings. The summed E-state index contributed by atoms with van der Waals surface area (Å²) in [6.45, 7) is 17.9. The van der Waals surface area contributed by atoms with Crippen LogP contribution in [0.3, 0.4) is 0 Å². The molecule has 0 spiro atoms. The van der Waals surface area contributed by atoms with Crippen LogP contribution in [0.5, 0.6) is 0 Å². The summed E-state index contributed by atoms with van der Waals surface area (Å²) >= 11 is 0. The van der Waals surface area contributed by atoms with Gasteiger partial charge in [-0.2, -0.15) is 0 Å². The molecule has 3 aliphatic heterocycles. The molecule has 2 aromatic carbocycles. The molecule has 0 atom stereocenters. The Kier molecular flexibility index (Phi) is 9.45. The van der Waals surface area contributed by atoms with Gasteiger partial charge in [0.15, 0.2) is 13.1 Å². The van der Waals surface area contributed by atoms with E-state index in [1.165, 1.54) is 126 Å². The van der Waals surface area contributed by atoms with Crippen LogP contribution in [0.15, 0.2) is 83.2 Å². The highest BCUT2D eigenvalue weighted by atomic mass is 16.5. The Labute approximate surface area is 308 Å². The maximum absolute atomic E-state index is 5.89. The van der Waals surface area contributed by atoms with Gasteiger partial charge in [-0.25, -0.2) is 4.58 Å². The number of morpholine rings is 1. The molecule has 4 fully saturated rings. The molecule has 1 saturated heterocycles. The molecular formula is C47H62N3O+. The number of fused-ring (bicyclic) bond motifs is 2. The van der Waals surface area contributed by atoms with Crippen molar-refractivity contribution in [1.29, 1.82) is 0 Å². The fourth-order valence-corrected chi connectivity index (χ4v) is 10.5. The first-order chi connectivity index (χ1) is 24.6. The van der Waals surface area contributed by atoms with Gasteiger partial charge < -0.3 is 14.5 Å². The van der Waals surface area contributed by atoms with Crippen molar-refractivity contribution in [3.8, 4) is 0 Å². The monoisotopic (exact) mass is 684 g/mol. The lowest BCUT2D eigenvalue weighted by atomic mass is 9.82. The number of rotatable bonds is 4. The smallest absolute Gasteiger partial charge is 0.206 e. The molecule has 4 heteroatoms. The van der Waals surface area contributed by atoms with E-state index in [9.17, 15) is 0 Å². The topological polar surface area (TPSA) is 18.7 Å². The average molecular weight is 685 g/mol. The van der Waals surface area contributed by atoms with Crippen LogP contribution in [0.4, 0.5) is 11.4 Å². The zero-order chi connectivity index (χ0) is 35.3. The van der Waals surface area contributed by atoms with E-state index < -0.39 is 0 Å². The fourth-order valence-electron chi connectivity index (χ4n) is 10.5. The van der Waals surface area contributed by atoms with Crippen LogP contribution in [0, 0.1) is 13.8 Å². The molecule has 0 bridgehead atoms. The highest BCUT2D eigenvalue weighted by Gasteiger charge is 2.44. The molecule has 270 valence electrons. The van der Waals surface area contributed by atoms with E-state index in [0.29, 0.717) is 12.1 Å². The molecule has 3 heterocycles. The van der Waals surface area contributed by atoms with Crippen molar-refractivity contribution >= 4 is 17.1 Å². The standard InChI is InChI=1S/C47H62N3O/c1-33-17-23-41-39(31-33)46(3,4)43(49(41)37-13-9-7-10-14-37)25-21-35-19-20-36(45(35)48-27-29-51-30-28-48)22-26-44-47(5,6)40-32-34(2)18-24-42(40)50(44)38-15-11-8-12-16-38/h17-18,21-26,31-32,37-38H,7-16,19-20,27-30H2,1-6H3/q+1. The fraction of sp³-hybridized carbons (Fsp3) is 0.553. The van der Waals surface area contributed by atoms with Gasteiger partial charge in [-0.05, 0) is 87.8 Å². The number of benzene rings is 2. The van der Waals surface area contributed by atoms with Crippen LogP contribution in [-0.4, -0.2) is 48.7 Å². The van der Waals surface area contributed by atoms with Gasteiger partial charge in [0.1, 0.15) is 13.2 Å². The van der Waals surface area contributed by atoms with Gasteiger partial charge in [0, 0.05) is 56.8 Å². The Morgan fingerprint density at radius 1 is 0.608 bits per heavy atom. The summed E-state index contributed by atoms with van der Waals surface area (Å²) in [6, 6.07) is 15.5. The molecule has 0 amide bonds. The van der Waals surface area contributed by atoms with Crippen molar-refractivity contribution in [2.75, 3.05) is 36.1 Å². The first-order valence-electron chi connectivity index (χ1n) is 20.5. The summed E-state index contributed by atoms with van der Waals surface area (Å²) in [6.07, 6.45) is 25.6. The van der Waals surface area contributed by atoms with Gasteiger partial charge >= 0.3 is 0 Å². The lowest BCUT2D eigenvalue weighted by Crippen LogP contribution is -2.37. The van der Waals surface area contributed by atoms with Gasteiger partial charge in [0.2, 0.25) is 5.71 Å². The van der Waals surface area contributed by atoms with E-state index in [0.717, 1.165) is 39.1 Å². The minimum absolute atomic E-state index is 0.0271. The molecule has 4 nitrogen and oxygen atoms in total. The normalized spacial score (nSPS) is 27.0. The van der Waals surface area contributed by atoms with Crippen molar-refractivity contribution in [3.63, 3.8) is 0 Å². The van der Waals surface area contributed by atoms with Crippen molar-refractivity contribution < 1.29 is 9.31 Å². The van der Waals surface area contributed by atoms with Crippen molar-refractivity contribution in [2.45, 2.75) is 142 Å². The Morgan fingerprint density at radius 3 is 1.47 bits per heavy atom. The van der Waals surface area contributed by atoms with E-state index in [1.807, 2.05) is 0 Å². The molecule has 0 unspecified atom stereocenters. The largest absolute Gasteiger partial charge is 0.368 e. The number of aryl methyl sites for hydroxylation is 2. The molecular weight excluding hydrogens is 623 g/mol. The van der Waals surface area contributed by atoms with Gasteiger partial charge in [0.25, 0.3) is 0 Å². The molecule has 3 aliphatic carbocycles. The predicted molar refractivity (Wildman–Crippen MR) is 215 cm³/mol. The lowest BCUT2D eigenvalue weighted by Gasteiger charge is -2.36. The summed E-state index contributed by atoms with van der Waals surface area (Å²) < 4.78 is 8.53. The van der Waals surface area contributed by atoms with Crippen molar-refractivity contribution in [3.05, 3.63) is 105 Å². The summed E-state index contributed by atoms with van der Waals surface area (Å²) in [5, 5.41) is 0. The average Bonchev–Trinajstić information content (AvgIpc) is 3.72. The minimum Gasteiger partial charge on any atom is -0.368 e. The third kappa shape index (κ3) is 6.28. The van der Waals surface area contributed by atoms with Crippen LogP contribution < -0.4 is 9.80 Å². The first-order valence-corrected chi connectivity index (χ1v) is 20.5. The Balaban J connectivity index is 1.20. The first kappa shape index (κ1) is 34.7. The number of hydrogen-bond donors (Lipinski definition) is 0. The maximum Gasteiger partial charge on any atom is 0.206 e.